The van der Waals surface area contributed by atoms with E-state index in [0.29, 0.717) is 0 Å². The standard InChI is InChI=1S/C12H14N4O/c1-13-12(10-7-15-5-6-16-10)9-3-4-14-8-11(9)17-2/h3-8,12-13H,1-2H3. The molecule has 0 radical (unpaired) electrons. The molecule has 0 saturated heterocycles. The van der Waals surface area contributed by atoms with Crippen molar-refractivity contribution >= 4 is 0 Å². The first-order valence-corrected chi connectivity index (χ1v) is 5.28. The number of ether oxygens (including phenoxy) is 1. The van der Waals surface area contributed by atoms with E-state index >= 15 is 0 Å². The van der Waals surface area contributed by atoms with Gasteiger partial charge in [-0.05, 0) is 13.1 Å². The summed E-state index contributed by atoms with van der Waals surface area (Å²) >= 11 is 0. The van der Waals surface area contributed by atoms with Crippen LogP contribution in [0.25, 0.3) is 0 Å². The van der Waals surface area contributed by atoms with Gasteiger partial charge in [0.05, 0.1) is 31.2 Å². The van der Waals surface area contributed by atoms with E-state index < -0.39 is 0 Å². The van der Waals surface area contributed by atoms with Gasteiger partial charge in [-0.25, -0.2) is 0 Å². The number of nitrogens with zero attached hydrogens (tertiary/aromatic N) is 3. The molecule has 0 bridgehead atoms. The number of pyridine rings is 1. The molecule has 1 unspecified atom stereocenters. The molecule has 88 valence electrons. The molecule has 2 aromatic rings. The summed E-state index contributed by atoms with van der Waals surface area (Å²) in [6.07, 6.45) is 8.49. The fourth-order valence-electron chi connectivity index (χ4n) is 1.72. The summed E-state index contributed by atoms with van der Waals surface area (Å²) in [6, 6.07) is 1.86. The third kappa shape index (κ3) is 2.39. The molecule has 0 aliphatic carbocycles. The van der Waals surface area contributed by atoms with Crippen molar-refractivity contribution in [2.45, 2.75) is 6.04 Å². The maximum Gasteiger partial charge on any atom is 0.142 e. The topological polar surface area (TPSA) is 59.9 Å². The van der Waals surface area contributed by atoms with E-state index in [1.54, 1.807) is 38.1 Å². The molecule has 1 atom stereocenters. The molecule has 0 spiro atoms. The Morgan fingerprint density at radius 1 is 1.18 bits per heavy atom. The zero-order valence-electron chi connectivity index (χ0n) is 9.79. The second-order valence-corrected chi connectivity index (χ2v) is 3.47. The summed E-state index contributed by atoms with van der Waals surface area (Å²) in [5, 5.41) is 3.20. The number of aromatic nitrogens is 3. The first-order valence-electron chi connectivity index (χ1n) is 5.28. The molecule has 2 heterocycles. The average Bonchev–Trinajstić information content (AvgIpc) is 2.41. The fourth-order valence-corrected chi connectivity index (χ4v) is 1.72. The van der Waals surface area contributed by atoms with Crippen molar-refractivity contribution in [2.75, 3.05) is 14.2 Å². The summed E-state index contributed by atoms with van der Waals surface area (Å²) in [4.78, 5) is 12.4. The molecular weight excluding hydrogens is 216 g/mol. The smallest absolute Gasteiger partial charge is 0.142 e. The maximum atomic E-state index is 5.30. The highest BCUT2D eigenvalue weighted by Gasteiger charge is 2.17. The van der Waals surface area contributed by atoms with Crippen molar-refractivity contribution in [1.82, 2.24) is 20.3 Å². The van der Waals surface area contributed by atoms with E-state index in [9.17, 15) is 0 Å². The minimum atomic E-state index is -0.0540. The van der Waals surface area contributed by atoms with Crippen molar-refractivity contribution < 1.29 is 4.74 Å². The van der Waals surface area contributed by atoms with E-state index in [2.05, 4.69) is 20.3 Å². The van der Waals surface area contributed by atoms with Gasteiger partial charge in [0, 0.05) is 24.2 Å². The molecular formula is C12H14N4O. The number of hydrogen-bond donors (Lipinski definition) is 1. The Kier molecular flexibility index (Phi) is 3.62. The first kappa shape index (κ1) is 11.5. The van der Waals surface area contributed by atoms with Crippen molar-refractivity contribution in [1.29, 1.82) is 0 Å². The third-order valence-corrected chi connectivity index (χ3v) is 2.51. The van der Waals surface area contributed by atoms with Gasteiger partial charge < -0.3 is 10.1 Å². The van der Waals surface area contributed by atoms with Crippen molar-refractivity contribution in [3.8, 4) is 5.75 Å². The minimum absolute atomic E-state index is 0.0540. The normalized spacial score (nSPS) is 12.1. The molecule has 5 heteroatoms. The van der Waals surface area contributed by atoms with Gasteiger partial charge in [-0.3, -0.25) is 15.0 Å². The van der Waals surface area contributed by atoms with Crippen LogP contribution in [0, 0.1) is 0 Å². The highest BCUT2D eigenvalue weighted by atomic mass is 16.5. The molecule has 0 aliphatic heterocycles. The van der Waals surface area contributed by atoms with Gasteiger partial charge in [-0.15, -0.1) is 0 Å². The predicted octanol–water partition coefficient (Wildman–Crippen LogP) is 1.19. The van der Waals surface area contributed by atoms with Crippen LogP contribution in [0.15, 0.2) is 37.1 Å². The van der Waals surface area contributed by atoms with Gasteiger partial charge >= 0.3 is 0 Å². The lowest BCUT2D eigenvalue weighted by Crippen LogP contribution is -2.19. The largest absolute Gasteiger partial charge is 0.495 e. The minimum Gasteiger partial charge on any atom is -0.495 e. The molecule has 2 rings (SSSR count). The molecule has 0 fully saturated rings. The van der Waals surface area contributed by atoms with Crippen LogP contribution in [0.1, 0.15) is 17.3 Å². The van der Waals surface area contributed by atoms with E-state index in [1.165, 1.54) is 0 Å². The SMILES string of the molecule is CNC(c1cnccn1)c1ccncc1OC. The second-order valence-electron chi connectivity index (χ2n) is 3.47. The molecule has 2 aromatic heterocycles. The van der Waals surface area contributed by atoms with Crippen LogP contribution in [0.3, 0.4) is 0 Å². The Balaban J connectivity index is 2.42. The first-order chi connectivity index (χ1) is 8.36. The highest BCUT2D eigenvalue weighted by molar-refractivity contribution is 5.36. The van der Waals surface area contributed by atoms with Crippen LogP contribution in [-0.2, 0) is 0 Å². The summed E-state index contributed by atoms with van der Waals surface area (Å²) < 4.78 is 5.30. The Bertz CT molecular complexity index is 475. The zero-order chi connectivity index (χ0) is 12.1. The van der Waals surface area contributed by atoms with Gasteiger partial charge in [-0.2, -0.15) is 0 Å². The Labute approximate surface area is 99.9 Å². The molecule has 0 aromatic carbocycles. The number of methoxy groups -OCH3 is 1. The summed E-state index contributed by atoms with van der Waals surface area (Å²) in [7, 11) is 3.50. The van der Waals surface area contributed by atoms with Crippen molar-refractivity contribution in [2.24, 2.45) is 0 Å². The molecule has 0 amide bonds. The number of nitrogens with one attached hydrogen (secondary N) is 1. The molecule has 0 aliphatic rings. The quantitative estimate of drug-likeness (QED) is 0.855. The van der Waals surface area contributed by atoms with Gasteiger partial charge in [0.1, 0.15) is 5.75 Å². The van der Waals surface area contributed by atoms with Crippen molar-refractivity contribution in [3.05, 3.63) is 48.3 Å². The van der Waals surface area contributed by atoms with E-state index in [0.717, 1.165) is 17.0 Å². The predicted molar refractivity (Wildman–Crippen MR) is 63.7 cm³/mol. The lowest BCUT2D eigenvalue weighted by atomic mass is 10.0. The average molecular weight is 230 g/mol. The van der Waals surface area contributed by atoms with Crippen LogP contribution in [0.2, 0.25) is 0 Å². The van der Waals surface area contributed by atoms with Crippen LogP contribution in [0.4, 0.5) is 0 Å². The van der Waals surface area contributed by atoms with Crippen LogP contribution in [0.5, 0.6) is 5.75 Å². The number of hydrogen-bond acceptors (Lipinski definition) is 5. The summed E-state index contributed by atoms with van der Waals surface area (Å²) in [5.74, 6) is 0.734. The Hall–Kier alpha value is -2.01. The summed E-state index contributed by atoms with van der Waals surface area (Å²) in [6.45, 7) is 0. The molecule has 17 heavy (non-hydrogen) atoms. The third-order valence-electron chi connectivity index (χ3n) is 2.51. The number of rotatable bonds is 4. The maximum absolute atomic E-state index is 5.30. The van der Waals surface area contributed by atoms with E-state index in [4.69, 9.17) is 4.74 Å². The highest BCUT2D eigenvalue weighted by Crippen LogP contribution is 2.27. The van der Waals surface area contributed by atoms with E-state index in [1.807, 2.05) is 13.1 Å². The summed E-state index contributed by atoms with van der Waals surface area (Å²) in [5.41, 5.74) is 1.84. The van der Waals surface area contributed by atoms with Crippen LogP contribution >= 0.6 is 0 Å². The van der Waals surface area contributed by atoms with E-state index in [-0.39, 0.29) is 6.04 Å². The molecule has 0 saturated carbocycles. The fraction of sp³-hybridized carbons (Fsp3) is 0.250. The molecule has 5 nitrogen and oxygen atoms in total. The molecule has 1 N–H and O–H groups in total. The van der Waals surface area contributed by atoms with Gasteiger partial charge in [-0.1, -0.05) is 0 Å². The lowest BCUT2D eigenvalue weighted by molar-refractivity contribution is 0.403. The van der Waals surface area contributed by atoms with Gasteiger partial charge in [0.25, 0.3) is 0 Å². The Morgan fingerprint density at radius 2 is 2.00 bits per heavy atom. The van der Waals surface area contributed by atoms with Gasteiger partial charge in [0.2, 0.25) is 0 Å². The second kappa shape index (κ2) is 5.36. The monoisotopic (exact) mass is 230 g/mol. The zero-order valence-corrected chi connectivity index (χ0v) is 9.79. The lowest BCUT2D eigenvalue weighted by Gasteiger charge is -2.17. The van der Waals surface area contributed by atoms with Crippen LogP contribution < -0.4 is 10.1 Å². The van der Waals surface area contributed by atoms with Crippen LogP contribution in [-0.4, -0.2) is 29.1 Å². The Morgan fingerprint density at radius 3 is 2.65 bits per heavy atom. The van der Waals surface area contributed by atoms with Crippen molar-refractivity contribution in [3.63, 3.8) is 0 Å². The van der Waals surface area contributed by atoms with Gasteiger partial charge in [0.15, 0.2) is 0 Å².